The van der Waals surface area contributed by atoms with E-state index in [0.29, 0.717) is 6.54 Å². The zero-order valence-electron chi connectivity index (χ0n) is 11.7. The average Bonchev–Trinajstić information content (AvgIpc) is 2.75. The Balaban J connectivity index is 2.54. The lowest BCUT2D eigenvalue weighted by Gasteiger charge is -2.20. The number of halogens is 1. The van der Waals surface area contributed by atoms with Crippen LogP contribution in [0, 0.1) is 13.8 Å². The molecule has 1 heterocycles. The molecule has 0 fully saturated rings. The van der Waals surface area contributed by atoms with Crippen LogP contribution in [0.2, 0.25) is 0 Å². The van der Waals surface area contributed by atoms with Crippen LogP contribution >= 0.6 is 27.3 Å². The van der Waals surface area contributed by atoms with Gasteiger partial charge in [0.1, 0.15) is 5.01 Å². The second-order valence-electron chi connectivity index (χ2n) is 5.48. The van der Waals surface area contributed by atoms with Crippen molar-refractivity contribution in [3.63, 3.8) is 0 Å². The predicted molar refractivity (Wildman–Crippen MR) is 86.8 cm³/mol. The lowest BCUT2D eigenvalue weighted by Crippen LogP contribution is -2.27. The summed E-state index contributed by atoms with van der Waals surface area (Å²) in [7, 11) is 0. The van der Waals surface area contributed by atoms with Crippen LogP contribution in [-0.4, -0.2) is 11.5 Å². The molecule has 0 saturated carbocycles. The van der Waals surface area contributed by atoms with Gasteiger partial charge in [-0.3, -0.25) is 0 Å². The fraction of sp³-hybridized carbons (Fsp3) is 0.400. The van der Waals surface area contributed by atoms with E-state index in [-0.39, 0.29) is 5.41 Å². The third kappa shape index (κ3) is 2.91. The third-order valence-electron chi connectivity index (χ3n) is 3.35. The van der Waals surface area contributed by atoms with Crippen LogP contribution in [-0.2, 0) is 5.41 Å². The largest absolute Gasteiger partial charge is 0.330 e. The van der Waals surface area contributed by atoms with E-state index in [1.165, 1.54) is 16.0 Å². The number of rotatable bonds is 3. The summed E-state index contributed by atoms with van der Waals surface area (Å²) in [5.41, 5.74) is 9.40. The van der Waals surface area contributed by atoms with E-state index >= 15 is 0 Å². The van der Waals surface area contributed by atoms with Crippen LogP contribution in [0.1, 0.15) is 30.0 Å². The first-order chi connectivity index (χ1) is 8.85. The van der Waals surface area contributed by atoms with Crippen molar-refractivity contribution >= 4 is 27.3 Å². The Bertz CT molecular complexity index is 602. The molecule has 0 saturated heterocycles. The molecule has 0 amide bonds. The normalized spacial score (nSPS) is 11.9. The first-order valence-electron chi connectivity index (χ1n) is 6.29. The van der Waals surface area contributed by atoms with Crippen LogP contribution in [0.4, 0.5) is 0 Å². The van der Waals surface area contributed by atoms with Crippen molar-refractivity contribution in [3.8, 4) is 10.6 Å². The topological polar surface area (TPSA) is 38.9 Å². The summed E-state index contributed by atoms with van der Waals surface area (Å²) in [6, 6.07) is 6.31. The molecular formula is C15H19BrN2S. The highest BCUT2D eigenvalue weighted by Gasteiger charge is 2.25. The molecule has 0 atom stereocenters. The molecule has 2 aromatic rings. The summed E-state index contributed by atoms with van der Waals surface area (Å²) < 4.78 is 1.08. The zero-order chi connectivity index (χ0) is 14.2. The zero-order valence-corrected chi connectivity index (χ0v) is 14.2. The van der Waals surface area contributed by atoms with Gasteiger partial charge in [0.25, 0.3) is 0 Å². The minimum absolute atomic E-state index is 0.0140. The Morgan fingerprint density at radius 1 is 1.32 bits per heavy atom. The van der Waals surface area contributed by atoms with Crippen molar-refractivity contribution in [1.82, 2.24) is 4.98 Å². The third-order valence-corrected chi connectivity index (χ3v) is 5.40. The number of thiazole rings is 1. The van der Waals surface area contributed by atoms with Gasteiger partial charge in [-0.2, -0.15) is 0 Å². The van der Waals surface area contributed by atoms with E-state index in [0.717, 1.165) is 15.2 Å². The van der Waals surface area contributed by atoms with Crippen LogP contribution in [0.25, 0.3) is 10.6 Å². The summed E-state index contributed by atoms with van der Waals surface area (Å²) in [6.07, 6.45) is 0. The Hall–Kier alpha value is -0.710. The molecule has 0 radical (unpaired) electrons. The van der Waals surface area contributed by atoms with E-state index in [2.05, 4.69) is 61.8 Å². The van der Waals surface area contributed by atoms with Crippen molar-refractivity contribution in [1.29, 1.82) is 0 Å². The molecule has 2 rings (SSSR count). The molecule has 0 aliphatic heterocycles. The highest BCUT2D eigenvalue weighted by Crippen LogP contribution is 2.37. The van der Waals surface area contributed by atoms with Gasteiger partial charge in [0.15, 0.2) is 0 Å². The molecule has 0 spiro atoms. The predicted octanol–water partition coefficient (Wildman–Crippen LogP) is 4.43. The smallest absolute Gasteiger partial charge is 0.124 e. The number of nitrogens with two attached hydrogens (primary N) is 1. The highest BCUT2D eigenvalue weighted by molar-refractivity contribution is 9.10. The molecule has 0 aliphatic rings. The van der Waals surface area contributed by atoms with E-state index in [9.17, 15) is 0 Å². The lowest BCUT2D eigenvalue weighted by atomic mass is 9.91. The Morgan fingerprint density at radius 3 is 2.63 bits per heavy atom. The van der Waals surface area contributed by atoms with Gasteiger partial charge >= 0.3 is 0 Å². The van der Waals surface area contributed by atoms with Gasteiger partial charge in [-0.05, 0) is 31.5 Å². The van der Waals surface area contributed by atoms with Crippen LogP contribution < -0.4 is 5.73 Å². The van der Waals surface area contributed by atoms with Gasteiger partial charge in [-0.1, -0.05) is 35.8 Å². The van der Waals surface area contributed by atoms with E-state index < -0.39 is 0 Å². The van der Waals surface area contributed by atoms with Crippen molar-refractivity contribution < 1.29 is 0 Å². The quantitative estimate of drug-likeness (QED) is 0.899. The van der Waals surface area contributed by atoms with Crippen LogP contribution in [0.3, 0.4) is 0 Å². The maximum absolute atomic E-state index is 5.88. The molecule has 1 aromatic carbocycles. The average molecular weight is 339 g/mol. The standard InChI is InChI=1S/C15H19BrN2S/c1-9-5-6-11(16)7-12(9)14-18-10(2)13(19-14)15(3,4)8-17/h5-7H,8,17H2,1-4H3. The second-order valence-corrected chi connectivity index (χ2v) is 7.40. The van der Waals surface area contributed by atoms with Gasteiger partial charge in [-0.15, -0.1) is 11.3 Å². The number of benzene rings is 1. The fourth-order valence-corrected chi connectivity index (χ4v) is 3.68. The number of hydrogen-bond donors (Lipinski definition) is 1. The van der Waals surface area contributed by atoms with Crippen molar-refractivity contribution in [3.05, 3.63) is 38.8 Å². The summed E-state index contributed by atoms with van der Waals surface area (Å²) >= 11 is 5.28. The van der Waals surface area contributed by atoms with Gasteiger partial charge in [0.05, 0.1) is 5.69 Å². The van der Waals surface area contributed by atoms with Crippen molar-refractivity contribution in [2.75, 3.05) is 6.54 Å². The summed E-state index contributed by atoms with van der Waals surface area (Å²) in [5, 5.41) is 1.08. The van der Waals surface area contributed by atoms with Crippen LogP contribution in [0.15, 0.2) is 22.7 Å². The van der Waals surface area contributed by atoms with Gasteiger partial charge < -0.3 is 5.73 Å². The molecule has 102 valence electrons. The minimum atomic E-state index is -0.0140. The molecule has 2 nitrogen and oxygen atoms in total. The summed E-state index contributed by atoms with van der Waals surface area (Å²) in [6.45, 7) is 9.16. The fourth-order valence-electron chi connectivity index (χ4n) is 2.06. The monoisotopic (exact) mass is 338 g/mol. The first kappa shape index (κ1) is 14.7. The molecular weight excluding hydrogens is 320 g/mol. The lowest BCUT2D eigenvalue weighted by molar-refractivity contribution is 0.546. The second kappa shape index (κ2) is 5.35. The number of aromatic nitrogens is 1. The van der Waals surface area contributed by atoms with Crippen molar-refractivity contribution in [2.45, 2.75) is 33.1 Å². The number of aryl methyl sites for hydroxylation is 2. The SMILES string of the molecule is Cc1ccc(Br)cc1-c1nc(C)c(C(C)(C)CN)s1. The Labute approximate surface area is 127 Å². The molecule has 0 unspecified atom stereocenters. The van der Waals surface area contributed by atoms with E-state index in [1.54, 1.807) is 11.3 Å². The van der Waals surface area contributed by atoms with E-state index in [1.807, 2.05) is 0 Å². The molecule has 1 aromatic heterocycles. The number of hydrogen-bond acceptors (Lipinski definition) is 3. The maximum atomic E-state index is 5.88. The Morgan fingerprint density at radius 2 is 2.00 bits per heavy atom. The van der Waals surface area contributed by atoms with Gasteiger partial charge in [0, 0.05) is 26.9 Å². The molecule has 4 heteroatoms. The first-order valence-corrected chi connectivity index (χ1v) is 7.90. The van der Waals surface area contributed by atoms with Crippen LogP contribution in [0.5, 0.6) is 0 Å². The van der Waals surface area contributed by atoms with Crippen molar-refractivity contribution in [2.24, 2.45) is 5.73 Å². The molecule has 2 N–H and O–H groups in total. The molecule has 19 heavy (non-hydrogen) atoms. The highest BCUT2D eigenvalue weighted by atomic mass is 79.9. The summed E-state index contributed by atoms with van der Waals surface area (Å²) in [4.78, 5) is 6.02. The summed E-state index contributed by atoms with van der Waals surface area (Å²) in [5.74, 6) is 0. The molecule has 0 bridgehead atoms. The number of nitrogens with zero attached hydrogens (tertiary/aromatic N) is 1. The Kier molecular flexibility index (Phi) is 4.14. The maximum Gasteiger partial charge on any atom is 0.124 e. The van der Waals surface area contributed by atoms with Gasteiger partial charge in [-0.25, -0.2) is 4.98 Å². The molecule has 0 aliphatic carbocycles. The minimum Gasteiger partial charge on any atom is -0.330 e. The van der Waals surface area contributed by atoms with Gasteiger partial charge in [0.2, 0.25) is 0 Å². The van der Waals surface area contributed by atoms with E-state index in [4.69, 9.17) is 10.7 Å².